The third-order valence-corrected chi connectivity index (χ3v) is 8.50. The van der Waals surface area contributed by atoms with Crippen LogP contribution in [-0.4, -0.2) is 4.40 Å². The molecule has 0 unspecified atom stereocenters. The second kappa shape index (κ2) is 7.01. The molecule has 184 valence electrons. The fourth-order valence-electron chi connectivity index (χ4n) is 7.00. The Bertz CT molecular complexity index is 2060. The predicted molar refractivity (Wildman–Crippen MR) is 159 cm³/mol. The van der Waals surface area contributed by atoms with Crippen LogP contribution in [0.15, 0.2) is 66.9 Å². The summed E-state index contributed by atoms with van der Waals surface area (Å²) in [5.74, 6) is 0. The Hall–Kier alpha value is -3.65. The number of benzene rings is 4. The molecule has 7 rings (SSSR count). The van der Waals surface area contributed by atoms with E-state index in [-0.39, 0.29) is 10.8 Å². The van der Waals surface area contributed by atoms with Gasteiger partial charge in [-0.25, -0.2) is 4.57 Å². The van der Waals surface area contributed by atoms with Gasteiger partial charge in [0.15, 0.2) is 6.20 Å². The molecular weight excluding hydrogens is 448 g/mol. The summed E-state index contributed by atoms with van der Waals surface area (Å²) in [7, 11) is 2.21. The third-order valence-electron chi connectivity index (χ3n) is 8.50. The molecule has 0 spiro atoms. The average Bonchev–Trinajstić information content (AvgIpc) is 3.18. The van der Waals surface area contributed by atoms with Crippen LogP contribution in [-0.2, 0) is 17.9 Å². The number of nitrogens with zero attached hydrogens (tertiary/aromatic N) is 2. The molecule has 7 aromatic rings. The second-order valence-corrected chi connectivity index (χ2v) is 13.0. The van der Waals surface area contributed by atoms with Gasteiger partial charge in [0.25, 0.3) is 0 Å². The van der Waals surface area contributed by atoms with E-state index in [1.807, 2.05) is 0 Å². The Morgan fingerprint density at radius 3 is 2.00 bits per heavy atom. The van der Waals surface area contributed by atoms with Crippen LogP contribution in [0.1, 0.15) is 58.2 Å². The summed E-state index contributed by atoms with van der Waals surface area (Å²) in [6.07, 6.45) is 2.25. The first kappa shape index (κ1) is 22.5. The lowest BCUT2D eigenvalue weighted by Gasteiger charge is -2.27. The fourth-order valence-corrected chi connectivity index (χ4v) is 7.00. The maximum atomic E-state index is 2.63. The topological polar surface area (TPSA) is 8.29 Å². The van der Waals surface area contributed by atoms with E-state index in [0.29, 0.717) is 0 Å². The van der Waals surface area contributed by atoms with Crippen molar-refractivity contribution in [1.29, 1.82) is 0 Å². The third kappa shape index (κ3) is 2.79. The van der Waals surface area contributed by atoms with E-state index in [1.165, 1.54) is 76.5 Å². The summed E-state index contributed by atoms with van der Waals surface area (Å²) < 4.78 is 4.98. The van der Waals surface area contributed by atoms with Crippen molar-refractivity contribution in [2.75, 3.05) is 0 Å². The highest BCUT2D eigenvalue weighted by Crippen LogP contribution is 2.48. The first-order valence-electron chi connectivity index (χ1n) is 13.5. The largest absolute Gasteiger partial charge is 0.307 e. The van der Waals surface area contributed by atoms with Crippen LogP contribution in [0.4, 0.5) is 0 Å². The van der Waals surface area contributed by atoms with Crippen molar-refractivity contribution in [3.05, 3.63) is 83.6 Å². The number of para-hydroxylation sites is 1. The van der Waals surface area contributed by atoms with Crippen molar-refractivity contribution in [3.63, 3.8) is 0 Å². The maximum absolute atomic E-state index is 2.63. The molecule has 4 aromatic carbocycles. The molecule has 0 fully saturated rings. The standard InChI is InChI=1S/C35H35N2/c1-20-22-13-9-10-14-23(22)30(35(5,6)7)33-27(20)31-28-21(17-18-36(31)8)19-25(34(2,3)4)29-24-15-11-12-16-26(24)37(33)32(28)29/h9-19H,1-8H3/q+1. The lowest BCUT2D eigenvalue weighted by Crippen LogP contribution is -2.29. The molecule has 0 saturated carbocycles. The van der Waals surface area contributed by atoms with Crippen LogP contribution >= 0.6 is 0 Å². The van der Waals surface area contributed by atoms with E-state index >= 15 is 0 Å². The molecule has 0 amide bonds. The van der Waals surface area contributed by atoms with Gasteiger partial charge in [-0.05, 0) is 62.7 Å². The van der Waals surface area contributed by atoms with Gasteiger partial charge in [-0.2, -0.15) is 0 Å². The first-order valence-corrected chi connectivity index (χ1v) is 13.5. The molecule has 37 heavy (non-hydrogen) atoms. The van der Waals surface area contributed by atoms with Crippen LogP contribution in [0.25, 0.3) is 59.8 Å². The number of rotatable bonds is 0. The zero-order chi connectivity index (χ0) is 26.0. The Labute approximate surface area is 218 Å². The minimum atomic E-state index is -0.0410. The van der Waals surface area contributed by atoms with E-state index in [2.05, 4.69) is 131 Å². The monoisotopic (exact) mass is 483 g/mol. The number of fused-ring (bicyclic) bond motifs is 7. The van der Waals surface area contributed by atoms with Crippen molar-refractivity contribution in [1.82, 2.24) is 4.40 Å². The lowest BCUT2D eigenvalue weighted by atomic mass is 9.79. The van der Waals surface area contributed by atoms with Gasteiger partial charge in [0, 0.05) is 16.8 Å². The summed E-state index contributed by atoms with van der Waals surface area (Å²) in [5, 5.41) is 9.53. The SMILES string of the molecule is Cc1c2ccccc2c(C(C)(C)C)c2c1c1c3c(cc[n+]1C)cc(C(C)(C)C)c1c4ccccc4n2c13. The second-order valence-electron chi connectivity index (χ2n) is 13.0. The Morgan fingerprint density at radius 2 is 1.32 bits per heavy atom. The first-order chi connectivity index (χ1) is 17.5. The highest BCUT2D eigenvalue weighted by molar-refractivity contribution is 6.30. The fraction of sp³-hybridized carbons (Fsp3) is 0.286. The highest BCUT2D eigenvalue weighted by Gasteiger charge is 2.32. The summed E-state index contributed by atoms with van der Waals surface area (Å²) >= 11 is 0. The number of pyridine rings is 2. The summed E-state index contributed by atoms with van der Waals surface area (Å²) in [4.78, 5) is 0. The Kier molecular flexibility index (Phi) is 4.27. The number of hydrogen-bond donors (Lipinski definition) is 0. The van der Waals surface area contributed by atoms with Crippen molar-refractivity contribution in [2.45, 2.75) is 59.3 Å². The minimum Gasteiger partial charge on any atom is -0.307 e. The molecule has 0 aliphatic heterocycles. The maximum Gasteiger partial charge on any atom is 0.224 e. The van der Waals surface area contributed by atoms with Crippen LogP contribution in [0.5, 0.6) is 0 Å². The molecule has 3 aromatic heterocycles. The van der Waals surface area contributed by atoms with E-state index in [1.54, 1.807) is 0 Å². The van der Waals surface area contributed by atoms with E-state index in [0.717, 1.165) is 0 Å². The zero-order valence-corrected chi connectivity index (χ0v) is 23.2. The molecular formula is C35H35N2+. The van der Waals surface area contributed by atoms with Crippen molar-refractivity contribution in [3.8, 4) is 0 Å². The lowest BCUT2D eigenvalue weighted by molar-refractivity contribution is -0.643. The van der Waals surface area contributed by atoms with Gasteiger partial charge in [-0.3, -0.25) is 0 Å². The molecule has 3 heterocycles. The normalized spacial score (nSPS) is 13.4. The number of aromatic nitrogens is 2. The van der Waals surface area contributed by atoms with Gasteiger partial charge in [-0.1, -0.05) is 84.0 Å². The molecule has 0 N–H and O–H groups in total. The molecule has 2 nitrogen and oxygen atoms in total. The van der Waals surface area contributed by atoms with Gasteiger partial charge in [-0.15, -0.1) is 0 Å². The molecule has 0 aliphatic carbocycles. The van der Waals surface area contributed by atoms with Gasteiger partial charge in [0.05, 0.1) is 27.3 Å². The van der Waals surface area contributed by atoms with Gasteiger partial charge in [0.2, 0.25) is 5.52 Å². The van der Waals surface area contributed by atoms with E-state index in [4.69, 9.17) is 0 Å². The summed E-state index contributed by atoms with van der Waals surface area (Å²) in [6, 6.07) is 22.8. The molecule has 0 saturated heterocycles. The van der Waals surface area contributed by atoms with Gasteiger partial charge >= 0.3 is 0 Å². The van der Waals surface area contributed by atoms with E-state index < -0.39 is 0 Å². The minimum absolute atomic E-state index is 0.0216. The van der Waals surface area contributed by atoms with Crippen molar-refractivity contribution < 1.29 is 4.57 Å². The highest BCUT2D eigenvalue weighted by atomic mass is 15.0. The van der Waals surface area contributed by atoms with E-state index in [9.17, 15) is 0 Å². The predicted octanol–water partition coefficient (Wildman–Crippen LogP) is 8.87. The molecule has 0 atom stereocenters. The molecule has 0 bridgehead atoms. The molecule has 0 aliphatic rings. The van der Waals surface area contributed by atoms with Crippen molar-refractivity contribution in [2.24, 2.45) is 7.05 Å². The van der Waals surface area contributed by atoms with Crippen LogP contribution < -0.4 is 4.57 Å². The number of aryl methyl sites for hydroxylation is 2. The zero-order valence-electron chi connectivity index (χ0n) is 23.2. The Balaban J connectivity index is 2.01. The van der Waals surface area contributed by atoms with Crippen LogP contribution in [0, 0.1) is 6.92 Å². The van der Waals surface area contributed by atoms with Gasteiger partial charge in [0.1, 0.15) is 7.05 Å². The van der Waals surface area contributed by atoms with Crippen LogP contribution in [0.3, 0.4) is 0 Å². The molecule has 2 heteroatoms. The molecule has 0 radical (unpaired) electrons. The van der Waals surface area contributed by atoms with Crippen molar-refractivity contribution >= 4 is 59.8 Å². The quantitative estimate of drug-likeness (QED) is 0.116. The van der Waals surface area contributed by atoms with Gasteiger partial charge < -0.3 is 4.40 Å². The smallest absolute Gasteiger partial charge is 0.224 e. The summed E-state index contributed by atoms with van der Waals surface area (Å²) in [6.45, 7) is 16.5. The summed E-state index contributed by atoms with van der Waals surface area (Å²) in [5.41, 5.74) is 9.54. The average molecular weight is 484 g/mol. The van der Waals surface area contributed by atoms with Crippen LogP contribution in [0.2, 0.25) is 0 Å². The number of hydrogen-bond acceptors (Lipinski definition) is 0. The Morgan fingerprint density at radius 1 is 0.676 bits per heavy atom.